The van der Waals surface area contributed by atoms with Crippen molar-refractivity contribution in [2.45, 2.75) is 65.9 Å². The predicted molar refractivity (Wildman–Crippen MR) is 178 cm³/mol. The summed E-state index contributed by atoms with van der Waals surface area (Å²) in [4.78, 5) is 29.6. The Morgan fingerprint density at radius 2 is 1.42 bits per heavy atom. The molecule has 6 heteroatoms. The van der Waals surface area contributed by atoms with Crippen molar-refractivity contribution in [3.8, 4) is 5.75 Å². The highest BCUT2D eigenvalue weighted by Crippen LogP contribution is 2.31. The van der Waals surface area contributed by atoms with E-state index in [1.165, 1.54) is 11.1 Å². The summed E-state index contributed by atoms with van der Waals surface area (Å²) in [6.45, 7) is 8.89. The van der Waals surface area contributed by atoms with E-state index in [1.807, 2.05) is 40.9 Å². The van der Waals surface area contributed by atoms with E-state index in [4.69, 9.17) is 9.84 Å². The molecule has 0 spiro atoms. The zero-order valence-electron chi connectivity index (χ0n) is 26.6. The summed E-state index contributed by atoms with van der Waals surface area (Å²) in [7, 11) is 0. The third-order valence-corrected chi connectivity index (χ3v) is 7.83. The third-order valence-electron chi connectivity index (χ3n) is 7.83. The molecule has 0 fully saturated rings. The van der Waals surface area contributed by atoms with Crippen LogP contribution in [0.2, 0.25) is 0 Å². The number of fused-ring (bicyclic) bond motifs is 1. The highest BCUT2D eigenvalue weighted by molar-refractivity contribution is 6.12. The largest absolute Gasteiger partial charge is 0.481 e. The van der Waals surface area contributed by atoms with Gasteiger partial charge in [0.25, 0.3) is 0 Å². The van der Waals surface area contributed by atoms with Crippen molar-refractivity contribution in [2.24, 2.45) is 11.8 Å². The fourth-order valence-electron chi connectivity index (χ4n) is 5.75. The van der Waals surface area contributed by atoms with Gasteiger partial charge in [-0.1, -0.05) is 94.4 Å². The molecular formula is C39H42N2O4. The molecule has 2 heterocycles. The fourth-order valence-corrected chi connectivity index (χ4v) is 5.75. The summed E-state index contributed by atoms with van der Waals surface area (Å²) >= 11 is 0. The smallest absolute Gasteiger partial charge is 0.303 e. The van der Waals surface area contributed by atoms with Crippen molar-refractivity contribution >= 4 is 17.3 Å². The number of carbonyl (C=O) groups excluding carboxylic acids is 1. The van der Waals surface area contributed by atoms with Gasteiger partial charge in [-0.3, -0.25) is 9.59 Å². The second-order valence-electron chi connectivity index (χ2n) is 12.6. The number of ketones is 1. The molecule has 0 aliphatic heterocycles. The topological polar surface area (TPSA) is 80.9 Å². The van der Waals surface area contributed by atoms with Crippen molar-refractivity contribution in [2.75, 3.05) is 0 Å². The minimum absolute atomic E-state index is 0.0481. The molecule has 0 saturated heterocycles. The summed E-state index contributed by atoms with van der Waals surface area (Å²) in [6, 6.07) is 30.2. The number of aryl methyl sites for hydroxylation is 1. The third kappa shape index (κ3) is 8.07. The Morgan fingerprint density at radius 3 is 2.00 bits per heavy atom. The number of hydrogen-bond donors (Lipinski definition) is 1. The number of ether oxygens (including phenoxy) is 1. The van der Waals surface area contributed by atoms with Gasteiger partial charge in [0.05, 0.1) is 5.52 Å². The number of carboxylic acid groups (broad SMARTS) is 1. The van der Waals surface area contributed by atoms with Gasteiger partial charge in [0.15, 0.2) is 0 Å². The Bertz CT molecular complexity index is 1700. The van der Waals surface area contributed by atoms with Crippen molar-refractivity contribution in [1.82, 2.24) is 9.38 Å². The normalized spacial score (nSPS) is 11.5. The molecule has 5 aromatic rings. The van der Waals surface area contributed by atoms with Crippen LogP contribution in [0.4, 0.5) is 0 Å². The van der Waals surface area contributed by atoms with Gasteiger partial charge in [-0.05, 0) is 77.6 Å². The van der Waals surface area contributed by atoms with Crippen molar-refractivity contribution in [1.29, 1.82) is 0 Å². The van der Waals surface area contributed by atoms with E-state index >= 15 is 0 Å². The summed E-state index contributed by atoms with van der Waals surface area (Å²) in [5.74, 6) is 1.36. The highest BCUT2D eigenvalue weighted by Gasteiger charge is 2.21. The molecule has 0 aliphatic carbocycles. The maximum absolute atomic E-state index is 13.9. The Morgan fingerprint density at radius 1 is 0.800 bits per heavy atom. The number of imidazole rings is 1. The van der Waals surface area contributed by atoms with Crippen LogP contribution in [-0.4, -0.2) is 26.2 Å². The van der Waals surface area contributed by atoms with Crippen LogP contribution in [0.25, 0.3) is 5.52 Å². The van der Waals surface area contributed by atoms with Crippen LogP contribution in [0.1, 0.15) is 90.8 Å². The second-order valence-corrected chi connectivity index (χ2v) is 12.6. The first-order valence-electron chi connectivity index (χ1n) is 15.8. The molecule has 0 atom stereocenters. The zero-order chi connectivity index (χ0) is 31.9. The number of pyridine rings is 1. The Kier molecular flexibility index (Phi) is 10.1. The van der Waals surface area contributed by atoms with E-state index < -0.39 is 5.97 Å². The van der Waals surface area contributed by atoms with Crippen LogP contribution >= 0.6 is 0 Å². The average molecular weight is 603 g/mol. The predicted octanol–water partition coefficient (Wildman–Crippen LogP) is 8.54. The van der Waals surface area contributed by atoms with Gasteiger partial charge in [-0.2, -0.15) is 0 Å². The molecule has 0 amide bonds. The molecule has 6 nitrogen and oxygen atoms in total. The van der Waals surface area contributed by atoms with Crippen LogP contribution in [0.15, 0.2) is 97.2 Å². The number of nitrogens with zero attached hydrogens (tertiary/aromatic N) is 2. The second kappa shape index (κ2) is 14.4. The minimum Gasteiger partial charge on any atom is -0.481 e. The molecule has 0 unspecified atom stereocenters. The van der Waals surface area contributed by atoms with Gasteiger partial charge >= 0.3 is 5.97 Å². The van der Waals surface area contributed by atoms with E-state index in [2.05, 4.69) is 81.2 Å². The number of benzene rings is 3. The van der Waals surface area contributed by atoms with Crippen LogP contribution in [0, 0.1) is 11.8 Å². The standard InChI is InChI=1S/C39H42N2O4/c1-26(2)23-28-14-18-30(19-15-28)39(31-20-16-29(17-21-31)24-27(3)4)45-33-10-7-9-32(25-33)38(44)37-34-11-5-6-22-41(34)35(40-37)12-8-13-36(42)43/h5-7,9-11,14-22,25-27,39H,8,12-13,23-24H2,1-4H3,(H,42,43). The highest BCUT2D eigenvalue weighted by atomic mass is 16.5. The number of aliphatic carboxylic acids is 1. The molecule has 1 N–H and O–H groups in total. The van der Waals surface area contributed by atoms with Crippen molar-refractivity contribution in [3.63, 3.8) is 0 Å². The SMILES string of the molecule is CC(C)Cc1ccc(C(Oc2cccc(C(=O)c3nc(CCCC(=O)O)n4ccccc34)c2)c2ccc(CC(C)C)cc2)cc1. The molecule has 2 aromatic heterocycles. The van der Waals surface area contributed by atoms with Crippen LogP contribution in [-0.2, 0) is 24.1 Å². The van der Waals surface area contributed by atoms with E-state index in [9.17, 15) is 9.59 Å². The van der Waals surface area contributed by atoms with Crippen molar-refractivity contribution in [3.05, 3.63) is 137 Å². The molecule has 232 valence electrons. The summed E-state index contributed by atoms with van der Waals surface area (Å²) < 4.78 is 8.56. The average Bonchev–Trinajstić information content (AvgIpc) is 3.38. The first kappa shape index (κ1) is 31.7. The molecule has 0 radical (unpaired) electrons. The van der Waals surface area contributed by atoms with Gasteiger partial charge < -0.3 is 14.2 Å². The lowest BCUT2D eigenvalue weighted by atomic mass is 9.95. The maximum atomic E-state index is 13.9. The first-order valence-corrected chi connectivity index (χ1v) is 15.8. The molecule has 5 rings (SSSR count). The lowest BCUT2D eigenvalue weighted by Gasteiger charge is -2.21. The quantitative estimate of drug-likeness (QED) is 0.129. The number of hydrogen-bond acceptors (Lipinski definition) is 4. The molecular weight excluding hydrogens is 560 g/mol. The Labute approximate surface area is 265 Å². The van der Waals surface area contributed by atoms with E-state index in [0.29, 0.717) is 53.0 Å². The van der Waals surface area contributed by atoms with Crippen LogP contribution in [0.3, 0.4) is 0 Å². The molecule has 0 bridgehead atoms. The monoisotopic (exact) mass is 602 g/mol. The zero-order valence-corrected chi connectivity index (χ0v) is 26.6. The summed E-state index contributed by atoms with van der Waals surface area (Å²) in [5.41, 5.74) is 6.19. The summed E-state index contributed by atoms with van der Waals surface area (Å²) in [6.07, 6.45) is 4.49. The molecule has 45 heavy (non-hydrogen) atoms. The van der Waals surface area contributed by atoms with Gasteiger partial charge in [0.2, 0.25) is 5.78 Å². The lowest BCUT2D eigenvalue weighted by Crippen LogP contribution is -2.11. The van der Waals surface area contributed by atoms with E-state index in [-0.39, 0.29) is 18.3 Å². The number of rotatable bonds is 14. The number of carbonyl (C=O) groups is 2. The van der Waals surface area contributed by atoms with Crippen molar-refractivity contribution < 1.29 is 19.4 Å². The fraction of sp³-hybridized carbons (Fsp3) is 0.308. The molecule has 0 aliphatic rings. The van der Waals surface area contributed by atoms with Crippen LogP contribution < -0.4 is 4.74 Å². The van der Waals surface area contributed by atoms with Gasteiger partial charge in [-0.25, -0.2) is 4.98 Å². The minimum atomic E-state index is -0.847. The van der Waals surface area contributed by atoms with Crippen LogP contribution in [0.5, 0.6) is 5.75 Å². The molecule has 0 saturated carbocycles. The Balaban J connectivity index is 1.44. The summed E-state index contributed by atoms with van der Waals surface area (Å²) in [5, 5.41) is 9.07. The first-order chi connectivity index (χ1) is 21.7. The molecule has 3 aromatic carbocycles. The number of aromatic nitrogens is 2. The van der Waals surface area contributed by atoms with Gasteiger partial charge in [-0.15, -0.1) is 0 Å². The van der Waals surface area contributed by atoms with Gasteiger partial charge in [0, 0.05) is 24.6 Å². The van der Waals surface area contributed by atoms with E-state index in [1.54, 1.807) is 12.1 Å². The number of carboxylic acids is 1. The van der Waals surface area contributed by atoms with E-state index in [0.717, 1.165) is 24.0 Å². The lowest BCUT2D eigenvalue weighted by molar-refractivity contribution is -0.137. The van der Waals surface area contributed by atoms with Gasteiger partial charge in [0.1, 0.15) is 23.4 Å². The Hall–Kier alpha value is -4.71. The maximum Gasteiger partial charge on any atom is 0.303 e.